The zero-order valence-corrected chi connectivity index (χ0v) is 19.4. The first kappa shape index (κ1) is 25.7. The van der Waals surface area contributed by atoms with Crippen molar-refractivity contribution in [3.8, 4) is 0 Å². The van der Waals surface area contributed by atoms with E-state index >= 15 is 0 Å². The molecule has 2 aromatic heterocycles. The number of nitrogens with one attached hydrogen (secondary N) is 2. The van der Waals surface area contributed by atoms with Crippen molar-refractivity contribution in [1.29, 1.82) is 0 Å². The fourth-order valence-electron chi connectivity index (χ4n) is 3.57. The van der Waals surface area contributed by atoms with Crippen molar-refractivity contribution in [2.24, 2.45) is 0 Å². The van der Waals surface area contributed by atoms with Gasteiger partial charge in [-0.05, 0) is 35.1 Å². The Labute approximate surface area is 191 Å². The number of aryl methyl sites for hydroxylation is 2. The van der Waals surface area contributed by atoms with Crippen molar-refractivity contribution < 1.29 is 38.1 Å². The molecule has 0 radical (unpaired) electrons. The van der Waals surface area contributed by atoms with Gasteiger partial charge >= 0.3 is 23.9 Å². The molecule has 180 valence electrons. The Balaban J connectivity index is 2.35. The molecule has 0 atom stereocenters. The third-order valence-corrected chi connectivity index (χ3v) is 5.45. The molecule has 0 aliphatic carbocycles. The lowest BCUT2D eigenvalue weighted by atomic mass is 9.97. The highest BCUT2D eigenvalue weighted by molar-refractivity contribution is 5.75. The van der Waals surface area contributed by atoms with Gasteiger partial charge in [0.05, 0.1) is 41.3 Å². The SMILES string of the molecule is COC(=O)CCc1c[nH]c(Cc2[nH]cc(CCC(=O)OC)c2CC(=O)OC)c1CC(=O)OC. The van der Waals surface area contributed by atoms with Crippen LogP contribution in [0.5, 0.6) is 0 Å². The van der Waals surface area contributed by atoms with Crippen LogP contribution in [0.15, 0.2) is 12.4 Å². The summed E-state index contributed by atoms with van der Waals surface area (Å²) in [7, 11) is 5.28. The lowest BCUT2D eigenvalue weighted by molar-refractivity contribution is -0.141. The van der Waals surface area contributed by atoms with Gasteiger partial charge in [-0.1, -0.05) is 0 Å². The van der Waals surface area contributed by atoms with Crippen LogP contribution in [0.1, 0.15) is 46.5 Å². The smallest absolute Gasteiger partial charge is 0.310 e. The summed E-state index contributed by atoms with van der Waals surface area (Å²) in [6.45, 7) is 0. The molecule has 33 heavy (non-hydrogen) atoms. The predicted octanol–water partition coefficient (Wildman–Crippen LogP) is 1.58. The van der Waals surface area contributed by atoms with Crippen LogP contribution in [0.25, 0.3) is 0 Å². The van der Waals surface area contributed by atoms with Gasteiger partial charge in [-0.2, -0.15) is 0 Å². The van der Waals surface area contributed by atoms with Crippen molar-refractivity contribution in [3.05, 3.63) is 46.0 Å². The van der Waals surface area contributed by atoms with Crippen molar-refractivity contribution in [1.82, 2.24) is 9.97 Å². The quantitative estimate of drug-likeness (QED) is 0.358. The molecular weight excluding hydrogens is 432 g/mol. The zero-order valence-electron chi connectivity index (χ0n) is 19.4. The summed E-state index contributed by atoms with van der Waals surface area (Å²) in [5.74, 6) is -1.51. The van der Waals surface area contributed by atoms with Gasteiger partial charge in [0.15, 0.2) is 0 Å². The predicted molar refractivity (Wildman–Crippen MR) is 117 cm³/mol. The summed E-state index contributed by atoms with van der Waals surface area (Å²) in [5, 5.41) is 0. The number of aromatic nitrogens is 2. The molecule has 0 bridgehead atoms. The van der Waals surface area contributed by atoms with Gasteiger partial charge in [-0.3, -0.25) is 19.2 Å². The maximum atomic E-state index is 12.0. The molecule has 10 nitrogen and oxygen atoms in total. The first-order valence-electron chi connectivity index (χ1n) is 10.5. The van der Waals surface area contributed by atoms with Crippen LogP contribution in [-0.4, -0.2) is 62.3 Å². The molecule has 0 saturated heterocycles. The Bertz CT molecular complexity index is 910. The van der Waals surface area contributed by atoms with E-state index in [1.807, 2.05) is 0 Å². The lowest BCUT2D eigenvalue weighted by Crippen LogP contribution is -2.11. The van der Waals surface area contributed by atoms with E-state index in [4.69, 9.17) is 18.9 Å². The molecular formula is C23H30N2O8. The molecule has 2 N–H and O–H groups in total. The average Bonchev–Trinajstić information content (AvgIpc) is 3.38. The molecule has 0 fully saturated rings. The minimum Gasteiger partial charge on any atom is -0.469 e. The molecule has 0 aliphatic rings. The van der Waals surface area contributed by atoms with E-state index in [-0.39, 0.29) is 37.6 Å². The van der Waals surface area contributed by atoms with Gasteiger partial charge < -0.3 is 28.9 Å². The van der Waals surface area contributed by atoms with Crippen LogP contribution in [0, 0.1) is 0 Å². The van der Waals surface area contributed by atoms with Gasteiger partial charge in [0.25, 0.3) is 0 Å². The molecule has 2 aromatic rings. The Kier molecular flexibility index (Phi) is 9.71. The molecule has 2 rings (SSSR count). The van der Waals surface area contributed by atoms with Crippen LogP contribution < -0.4 is 0 Å². The van der Waals surface area contributed by atoms with Gasteiger partial charge in [0.1, 0.15) is 0 Å². The first-order valence-corrected chi connectivity index (χ1v) is 10.5. The van der Waals surface area contributed by atoms with Gasteiger partial charge in [-0.15, -0.1) is 0 Å². The Hall–Kier alpha value is -3.56. The molecule has 0 aromatic carbocycles. The van der Waals surface area contributed by atoms with E-state index in [0.29, 0.717) is 19.3 Å². The number of hydrogen-bond acceptors (Lipinski definition) is 8. The summed E-state index contributed by atoms with van der Waals surface area (Å²) in [6.07, 6.45) is 5.12. The zero-order chi connectivity index (χ0) is 24.4. The first-order chi connectivity index (χ1) is 15.8. The summed E-state index contributed by atoms with van der Waals surface area (Å²) in [4.78, 5) is 53.6. The maximum absolute atomic E-state index is 12.0. The normalized spacial score (nSPS) is 10.5. The fraction of sp³-hybridized carbons (Fsp3) is 0.478. The highest BCUT2D eigenvalue weighted by Crippen LogP contribution is 2.24. The van der Waals surface area contributed by atoms with Crippen molar-refractivity contribution >= 4 is 23.9 Å². The number of methoxy groups -OCH3 is 4. The Morgan fingerprint density at radius 2 is 1.00 bits per heavy atom. The second-order valence-corrected chi connectivity index (χ2v) is 7.38. The molecule has 2 heterocycles. The number of H-pyrrole nitrogens is 2. The van der Waals surface area contributed by atoms with Crippen LogP contribution >= 0.6 is 0 Å². The number of hydrogen-bond donors (Lipinski definition) is 2. The highest BCUT2D eigenvalue weighted by atomic mass is 16.5. The lowest BCUT2D eigenvalue weighted by Gasteiger charge is -2.09. The Morgan fingerprint density at radius 1 is 0.636 bits per heavy atom. The second kappa shape index (κ2) is 12.5. The maximum Gasteiger partial charge on any atom is 0.310 e. The van der Waals surface area contributed by atoms with E-state index in [1.54, 1.807) is 12.4 Å². The number of aromatic amines is 2. The third-order valence-electron chi connectivity index (χ3n) is 5.45. The van der Waals surface area contributed by atoms with Crippen molar-refractivity contribution in [2.45, 2.75) is 44.9 Å². The number of esters is 4. The minimum absolute atomic E-state index is 0.0358. The van der Waals surface area contributed by atoms with E-state index in [2.05, 4.69) is 9.97 Å². The largest absolute Gasteiger partial charge is 0.469 e. The fourth-order valence-corrected chi connectivity index (χ4v) is 3.57. The van der Waals surface area contributed by atoms with Gasteiger partial charge in [-0.25, -0.2) is 0 Å². The number of rotatable bonds is 12. The van der Waals surface area contributed by atoms with E-state index in [0.717, 1.165) is 33.6 Å². The number of carbonyl (C=O) groups is 4. The topological polar surface area (TPSA) is 137 Å². The second-order valence-electron chi connectivity index (χ2n) is 7.38. The standard InChI is InChI=1S/C23H30N2O8/c1-30-20(26)7-5-14-12-24-18(16(14)9-22(28)32-3)11-19-17(10-23(29)33-4)15(13-25-19)6-8-21(27)31-2/h12-13,24-25H,5-11H2,1-4H3. The third kappa shape index (κ3) is 7.23. The van der Waals surface area contributed by atoms with Crippen LogP contribution in [0.2, 0.25) is 0 Å². The molecule has 10 heteroatoms. The van der Waals surface area contributed by atoms with Gasteiger partial charge in [0.2, 0.25) is 0 Å². The van der Waals surface area contributed by atoms with Crippen molar-refractivity contribution in [2.75, 3.05) is 28.4 Å². The summed E-state index contributed by atoms with van der Waals surface area (Å²) in [5.41, 5.74) is 4.61. The van der Waals surface area contributed by atoms with Crippen LogP contribution in [-0.2, 0) is 70.2 Å². The monoisotopic (exact) mass is 462 g/mol. The minimum atomic E-state index is -0.407. The summed E-state index contributed by atoms with van der Waals surface area (Å²) in [6, 6.07) is 0. The molecule has 0 saturated carbocycles. The van der Waals surface area contributed by atoms with Gasteiger partial charge in [0, 0.05) is 43.0 Å². The summed E-state index contributed by atoms with van der Waals surface area (Å²) < 4.78 is 19.1. The average molecular weight is 462 g/mol. The number of carbonyl (C=O) groups excluding carboxylic acids is 4. The summed E-state index contributed by atoms with van der Waals surface area (Å²) >= 11 is 0. The molecule has 0 aliphatic heterocycles. The molecule has 0 spiro atoms. The van der Waals surface area contributed by atoms with Crippen LogP contribution in [0.3, 0.4) is 0 Å². The van der Waals surface area contributed by atoms with Crippen molar-refractivity contribution in [3.63, 3.8) is 0 Å². The Morgan fingerprint density at radius 3 is 1.33 bits per heavy atom. The van der Waals surface area contributed by atoms with E-state index in [1.165, 1.54) is 28.4 Å². The number of ether oxygens (including phenoxy) is 4. The highest BCUT2D eigenvalue weighted by Gasteiger charge is 2.21. The molecule has 0 unspecified atom stereocenters. The van der Waals surface area contributed by atoms with E-state index in [9.17, 15) is 19.2 Å². The molecule has 0 amide bonds. The van der Waals surface area contributed by atoms with E-state index < -0.39 is 11.9 Å². The van der Waals surface area contributed by atoms with Crippen LogP contribution in [0.4, 0.5) is 0 Å².